The molecule has 20 heavy (non-hydrogen) atoms. The number of hydrogen-bond acceptors (Lipinski definition) is 4. The molecule has 0 radical (unpaired) electrons. The summed E-state index contributed by atoms with van der Waals surface area (Å²) in [7, 11) is -0.248. The highest BCUT2D eigenvalue weighted by Crippen LogP contribution is 2.35. The van der Waals surface area contributed by atoms with Gasteiger partial charge in [0, 0.05) is 32.2 Å². The zero-order valence-electron chi connectivity index (χ0n) is 11.6. The largest absolute Gasteiger partial charge is 0.297 e. The number of rotatable bonds is 3. The quantitative estimate of drug-likeness (QED) is 0.867. The van der Waals surface area contributed by atoms with E-state index in [0.29, 0.717) is 6.54 Å². The summed E-state index contributed by atoms with van der Waals surface area (Å²) in [6.45, 7) is 0.565. The first kappa shape index (κ1) is 14.0. The van der Waals surface area contributed by atoms with Crippen LogP contribution in [0.4, 0.5) is 0 Å². The average molecular weight is 314 g/mol. The molecule has 0 saturated carbocycles. The van der Waals surface area contributed by atoms with E-state index in [0.717, 1.165) is 29.8 Å². The van der Waals surface area contributed by atoms with Gasteiger partial charge in [-0.1, -0.05) is 6.42 Å². The maximum absolute atomic E-state index is 12.5. The minimum Gasteiger partial charge on any atom is -0.297 e. The third-order valence-electron chi connectivity index (χ3n) is 3.70. The Balaban J connectivity index is 2.04. The van der Waals surface area contributed by atoms with Crippen molar-refractivity contribution < 1.29 is 8.42 Å². The van der Waals surface area contributed by atoms with Gasteiger partial charge in [-0.05, 0) is 12.8 Å². The minimum atomic E-state index is -3.40. The average Bonchev–Trinajstić information content (AvgIpc) is 3.00. The van der Waals surface area contributed by atoms with Crippen molar-refractivity contribution in [1.82, 2.24) is 18.0 Å². The van der Waals surface area contributed by atoms with Crippen LogP contribution >= 0.6 is 11.3 Å². The van der Waals surface area contributed by atoms with Crippen LogP contribution in [0.25, 0.3) is 4.83 Å². The summed E-state index contributed by atoms with van der Waals surface area (Å²) in [5.74, 6) is 0. The van der Waals surface area contributed by atoms with Crippen LogP contribution in [0.2, 0.25) is 0 Å². The Kier molecular flexibility index (Phi) is 3.57. The Labute approximate surface area is 122 Å². The molecule has 8 heteroatoms. The molecule has 0 aromatic carbocycles. The molecule has 0 spiro atoms. The molecular formula is C12H18N4O2S2. The molecule has 1 saturated heterocycles. The molecule has 6 nitrogen and oxygen atoms in total. The molecule has 2 aromatic heterocycles. The van der Waals surface area contributed by atoms with E-state index in [1.54, 1.807) is 36.1 Å². The zero-order chi connectivity index (χ0) is 14.3. The van der Waals surface area contributed by atoms with E-state index in [-0.39, 0.29) is 6.04 Å². The molecule has 0 bridgehead atoms. The lowest BCUT2D eigenvalue weighted by molar-refractivity contribution is 0.240. The highest BCUT2D eigenvalue weighted by Gasteiger charge is 2.36. The zero-order valence-corrected chi connectivity index (χ0v) is 13.2. The van der Waals surface area contributed by atoms with Crippen LogP contribution in [0.1, 0.15) is 31.0 Å². The molecular weight excluding hydrogens is 296 g/mol. The van der Waals surface area contributed by atoms with E-state index < -0.39 is 10.2 Å². The van der Waals surface area contributed by atoms with Crippen LogP contribution in [-0.4, -0.2) is 47.1 Å². The van der Waals surface area contributed by atoms with Crippen LogP contribution in [0.3, 0.4) is 0 Å². The van der Waals surface area contributed by atoms with E-state index in [4.69, 9.17) is 0 Å². The highest BCUT2D eigenvalue weighted by molar-refractivity contribution is 7.86. The van der Waals surface area contributed by atoms with Crippen LogP contribution < -0.4 is 0 Å². The molecule has 110 valence electrons. The van der Waals surface area contributed by atoms with Gasteiger partial charge >= 0.3 is 0 Å². The molecule has 2 aromatic rings. The van der Waals surface area contributed by atoms with Gasteiger partial charge in [0.05, 0.1) is 11.7 Å². The lowest BCUT2D eigenvalue weighted by atomic mass is 10.0. The number of nitrogens with zero attached hydrogens (tertiary/aromatic N) is 4. The standard InChI is InChI=1S/C12H18N4O2S2/c1-14(2)20(17,18)16-6-4-3-5-10(16)11-12-15(9-13-11)7-8-19-12/h7-10H,3-6H2,1-2H3. The van der Waals surface area contributed by atoms with Crippen LogP contribution in [-0.2, 0) is 10.2 Å². The molecule has 0 N–H and O–H groups in total. The fourth-order valence-electron chi connectivity index (χ4n) is 2.64. The highest BCUT2D eigenvalue weighted by atomic mass is 32.2. The summed E-state index contributed by atoms with van der Waals surface area (Å²) in [5.41, 5.74) is 0.880. The van der Waals surface area contributed by atoms with Crippen molar-refractivity contribution in [3.05, 3.63) is 23.6 Å². The van der Waals surface area contributed by atoms with Crippen molar-refractivity contribution >= 4 is 26.4 Å². The number of imidazole rings is 1. The monoisotopic (exact) mass is 314 g/mol. The van der Waals surface area contributed by atoms with Gasteiger partial charge in [0.25, 0.3) is 10.2 Å². The van der Waals surface area contributed by atoms with Gasteiger partial charge < -0.3 is 0 Å². The Morgan fingerprint density at radius 1 is 1.40 bits per heavy atom. The Hall–Kier alpha value is -0.960. The molecule has 0 aliphatic carbocycles. The molecule has 1 fully saturated rings. The van der Waals surface area contributed by atoms with Gasteiger partial charge in [0.2, 0.25) is 0 Å². The smallest absolute Gasteiger partial charge is 0.282 e. The van der Waals surface area contributed by atoms with Crippen LogP contribution in [0.15, 0.2) is 17.9 Å². The topological polar surface area (TPSA) is 57.9 Å². The van der Waals surface area contributed by atoms with Gasteiger partial charge in [0.1, 0.15) is 11.2 Å². The number of fused-ring (bicyclic) bond motifs is 1. The summed E-state index contributed by atoms with van der Waals surface area (Å²) >= 11 is 1.60. The molecule has 3 rings (SSSR count). The van der Waals surface area contributed by atoms with E-state index in [2.05, 4.69) is 4.98 Å². The summed E-state index contributed by atoms with van der Waals surface area (Å²) in [5, 5.41) is 1.99. The van der Waals surface area contributed by atoms with Crippen molar-refractivity contribution in [2.75, 3.05) is 20.6 Å². The molecule has 1 atom stereocenters. The van der Waals surface area contributed by atoms with E-state index in [1.807, 2.05) is 16.0 Å². The van der Waals surface area contributed by atoms with Crippen molar-refractivity contribution in [2.24, 2.45) is 0 Å². The van der Waals surface area contributed by atoms with Crippen LogP contribution in [0, 0.1) is 0 Å². The molecule has 1 aliphatic heterocycles. The second-order valence-corrected chi connectivity index (χ2v) is 8.15. The maximum atomic E-state index is 12.5. The molecule has 0 amide bonds. The van der Waals surface area contributed by atoms with Gasteiger partial charge in [0.15, 0.2) is 0 Å². The fraction of sp³-hybridized carbons (Fsp3) is 0.583. The minimum absolute atomic E-state index is 0.153. The predicted molar refractivity (Wildman–Crippen MR) is 79.0 cm³/mol. The van der Waals surface area contributed by atoms with E-state index >= 15 is 0 Å². The van der Waals surface area contributed by atoms with E-state index in [1.165, 1.54) is 4.31 Å². The van der Waals surface area contributed by atoms with Crippen molar-refractivity contribution in [2.45, 2.75) is 25.3 Å². The normalized spacial score (nSPS) is 21.9. The number of hydrogen-bond donors (Lipinski definition) is 0. The summed E-state index contributed by atoms with van der Waals surface area (Å²) in [6, 6.07) is -0.153. The molecule has 3 heterocycles. The van der Waals surface area contributed by atoms with Crippen molar-refractivity contribution in [1.29, 1.82) is 0 Å². The van der Waals surface area contributed by atoms with E-state index in [9.17, 15) is 8.42 Å². The van der Waals surface area contributed by atoms with Crippen molar-refractivity contribution in [3.8, 4) is 0 Å². The maximum Gasteiger partial charge on any atom is 0.282 e. The number of thiazole rings is 1. The Morgan fingerprint density at radius 3 is 2.95 bits per heavy atom. The lowest BCUT2D eigenvalue weighted by Gasteiger charge is -2.35. The summed E-state index contributed by atoms with van der Waals surface area (Å²) in [6.07, 6.45) is 6.48. The van der Waals surface area contributed by atoms with Gasteiger partial charge in [-0.25, -0.2) is 4.98 Å². The van der Waals surface area contributed by atoms with Crippen LogP contribution in [0.5, 0.6) is 0 Å². The van der Waals surface area contributed by atoms with Crippen molar-refractivity contribution in [3.63, 3.8) is 0 Å². The third-order valence-corrected chi connectivity index (χ3v) is 6.56. The summed E-state index contributed by atoms with van der Waals surface area (Å²) < 4.78 is 29.8. The first-order chi connectivity index (χ1) is 9.51. The Bertz CT molecular complexity index is 704. The SMILES string of the molecule is CN(C)S(=O)(=O)N1CCCCC1c1ncn2ccsc12. The van der Waals surface area contributed by atoms with Gasteiger partial charge in [-0.2, -0.15) is 17.0 Å². The van der Waals surface area contributed by atoms with Gasteiger partial charge in [-0.3, -0.25) is 4.40 Å². The first-order valence-corrected chi connectivity index (χ1v) is 8.89. The second-order valence-electron chi connectivity index (χ2n) is 5.16. The van der Waals surface area contributed by atoms with Gasteiger partial charge in [-0.15, -0.1) is 11.3 Å². The second kappa shape index (κ2) is 5.10. The number of piperidine rings is 1. The lowest BCUT2D eigenvalue weighted by Crippen LogP contribution is -2.44. The molecule has 1 unspecified atom stereocenters. The summed E-state index contributed by atoms with van der Waals surface area (Å²) in [4.78, 5) is 5.49. The Morgan fingerprint density at radius 2 is 2.20 bits per heavy atom. The predicted octanol–water partition coefficient (Wildman–Crippen LogP) is 1.73. The first-order valence-electron chi connectivity index (χ1n) is 6.61. The third kappa shape index (κ3) is 2.16. The number of aromatic nitrogens is 2. The fourth-order valence-corrected chi connectivity index (χ4v) is 4.81. The molecule has 1 aliphatic rings.